The van der Waals surface area contributed by atoms with Gasteiger partial charge < -0.3 is 9.47 Å². The normalized spacial score (nSPS) is 48.6. The Morgan fingerprint density at radius 1 is 1.16 bits per heavy atom. The molecule has 0 N–H and O–H groups in total. The SMILES string of the molecule is CC(=O)C1(C)OCC(=O)[C@]2(CCC3C4C[C@H](C)C5=CC(=O)C=C[C@]5(C)C4=CC[C@@]32C)O1. The third-order valence-electron chi connectivity index (χ3n) is 9.33. The number of ether oxygens (including phenoxy) is 2. The van der Waals surface area contributed by atoms with Gasteiger partial charge in [0, 0.05) is 17.8 Å². The predicted octanol–water partition coefficient (Wildman–Crippen LogP) is 4.12. The summed E-state index contributed by atoms with van der Waals surface area (Å²) in [7, 11) is 0. The Labute approximate surface area is 183 Å². The predicted molar refractivity (Wildman–Crippen MR) is 115 cm³/mol. The van der Waals surface area contributed by atoms with Crippen LogP contribution in [0.3, 0.4) is 0 Å². The second kappa shape index (κ2) is 6.35. The van der Waals surface area contributed by atoms with Crippen LogP contribution in [0.2, 0.25) is 0 Å². The van der Waals surface area contributed by atoms with Crippen molar-refractivity contribution in [3.05, 3.63) is 35.5 Å². The van der Waals surface area contributed by atoms with Crippen LogP contribution in [0.4, 0.5) is 0 Å². The molecule has 3 fully saturated rings. The molecular weight excluding hydrogens is 392 g/mol. The quantitative estimate of drug-likeness (QED) is 0.592. The highest BCUT2D eigenvalue weighted by Gasteiger charge is 2.69. The molecule has 0 aromatic carbocycles. The number of ketones is 3. The minimum absolute atomic E-state index is 0.0353. The van der Waals surface area contributed by atoms with Crippen LogP contribution >= 0.6 is 0 Å². The topological polar surface area (TPSA) is 69.7 Å². The maximum atomic E-state index is 13.3. The van der Waals surface area contributed by atoms with Gasteiger partial charge in [0.25, 0.3) is 0 Å². The van der Waals surface area contributed by atoms with Crippen LogP contribution in [-0.4, -0.2) is 35.3 Å². The Morgan fingerprint density at radius 2 is 1.90 bits per heavy atom. The molecule has 0 aromatic heterocycles. The van der Waals surface area contributed by atoms with Crippen molar-refractivity contribution >= 4 is 17.3 Å². The van der Waals surface area contributed by atoms with Gasteiger partial charge in [0.15, 0.2) is 17.3 Å². The van der Waals surface area contributed by atoms with Crippen molar-refractivity contribution in [1.82, 2.24) is 0 Å². The maximum absolute atomic E-state index is 13.3. The molecule has 5 nitrogen and oxygen atoms in total. The number of hydrogen-bond donors (Lipinski definition) is 0. The standard InChI is InChI=1S/C26H32O5/c1-15-12-18-19(23(3)9-6-17(28)13-21(15)23)7-10-24(4)20(18)8-11-26(24)22(29)14-30-25(5,31-26)16(2)27/h6-7,9,13,15,18,20H,8,10-12,14H2,1-5H3/t15-,18?,20?,23+,24-,25?,26-/m0/s1. The number of fused-ring (bicyclic) bond motifs is 6. The fraction of sp³-hybridized carbons (Fsp3) is 0.654. The largest absolute Gasteiger partial charge is 0.336 e. The Balaban J connectivity index is 1.59. The van der Waals surface area contributed by atoms with Crippen molar-refractivity contribution < 1.29 is 23.9 Å². The summed E-state index contributed by atoms with van der Waals surface area (Å²) in [6, 6.07) is 0. The molecule has 0 aromatic rings. The third-order valence-corrected chi connectivity index (χ3v) is 9.33. The van der Waals surface area contributed by atoms with Crippen molar-refractivity contribution in [2.24, 2.45) is 28.6 Å². The van der Waals surface area contributed by atoms with E-state index < -0.39 is 11.4 Å². The molecule has 0 amide bonds. The van der Waals surface area contributed by atoms with Crippen molar-refractivity contribution in [1.29, 1.82) is 0 Å². The van der Waals surface area contributed by atoms with Gasteiger partial charge >= 0.3 is 0 Å². The number of rotatable bonds is 1. The zero-order valence-corrected chi connectivity index (χ0v) is 19.1. The third kappa shape index (κ3) is 2.53. The summed E-state index contributed by atoms with van der Waals surface area (Å²) < 4.78 is 12.0. The Hall–Kier alpha value is -1.85. The molecule has 1 heterocycles. The lowest BCUT2D eigenvalue weighted by atomic mass is 9.49. The summed E-state index contributed by atoms with van der Waals surface area (Å²) in [5, 5.41) is 0. The second-order valence-corrected chi connectivity index (χ2v) is 10.9. The number of hydrogen-bond acceptors (Lipinski definition) is 5. The van der Waals surface area contributed by atoms with E-state index in [0.717, 1.165) is 19.3 Å². The van der Waals surface area contributed by atoms with Crippen molar-refractivity contribution in [3.8, 4) is 0 Å². The molecule has 1 saturated heterocycles. The molecule has 0 radical (unpaired) electrons. The number of carbonyl (C=O) groups excluding carboxylic acids is 3. The first-order valence-electron chi connectivity index (χ1n) is 11.5. The summed E-state index contributed by atoms with van der Waals surface area (Å²) in [6.45, 7) is 9.66. The lowest BCUT2D eigenvalue weighted by Crippen LogP contribution is -2.65. The van der Waals surface area contributed by atoms with Crippen molar-refractivity contribution in [3.63, 3.8) is 0 Å². The smallest absolute Gasteiger partial charge is 0.227 e. The van der Waals surface area contributed by atoms with Crippen molar-refractivity contribution in [2.75, 3.05) is 6.61 Å². The molecule has 31 heavy (non-hydrogen) atoms. The van der Waals surface area contributed by atoms with Gasteiger partial charge in [0.2, 0.25) is 5.79 Å². The zero-order chi connectivity index (χ0) is 22.4. The molecule has 2 saturated carbocycles. The minimum atomic E-state index is -1.37. The van der Waals surface area contributed by atoms with Crippen LogP contribution in [-0.2, 0) is 23.9 Å². The summed E-state index contributed by atoms with van der Waals surface area (Å²) >= 11 is 0. The molecule has 166 valence electrons. The average Bonchev–Trinajstić information content (AvgIpc) is 3.00. The molecule has 3 unspecified atom stereocenters. The molecule has 5 rings (SSSR count). The van der Waals surface area contributed by atoms with Gasteiger partial charge in [-0.1, -0.05) is 31.6 Å². The first kappa shape index (κ1) is 21.0. The van der Waals surface area contributed by atoms with Gasteiger partial charge in [0.1, 0.15) is 12.2 Å². The van der Waals surface area contributed by atoms with E-state index in [1.54, 1.807) is 13.0 Å². The molecular formula is C26H32O5. The van der Waals surface area contributed by atoms with Crippen LogP contribution < -0.4 is 0 Å². The van der Waals surface area contributed by atoms with E-state index >= 15 is 0 Å². The number of carbonyl (C=O) groups is 3. The molecule has 5 aliphatic rings. The van der Waals surface area contributed by atoms with E-state index in [1.165, 1.54) is 18.1 Å². The monoisotopic (exact) mass is 424 g/mol. The molecule has 5 heteroatoms. The van der Waals surface area contributed by atoms with Gasteiger partial charge in [-0.25, -0.2) is 0 Å². The fourth-order valence-electron chi connectivity index (χ4n) is 7.46. The summed E-state index contributed by atoms with van der Waals surface area (Å²) in [5.41, 5.74) is 0.985. The van der Waals surface area contributed by atoms with E-state index in [2.05, 4.69) is 32.9 Å². The zero-order valence-electron chi connectivity index (χ0n) is 19.1. The molecule has 4 aliphatic carbocycles. The van der Waals surface area contributed by atoms with E-state index in [4.69, 9.17) is 9.47 Å². The highest BCUT2D eigenvalue weighted by atomic mass is 16.7. The van der Waals surface area contributed by atoms with Crippen LogP contribution in [0.1, 0.15) is 60.3 Å². The Bertz CT molecular complexity index is 988. The maximum Gasteiger partial charge on any atom is 0.227 e. The molecule has 1 aliphatic heterocycles. The molecule has 1 spiro atoms. The lowest BCUT2D eigenvalue weighted by Gasteiger charge is -2.57. The van der Waals surface area contributed by atoms with Gasteiger partial charge in [0.05, 0.1) is 0 Å². The van der Waals surface area contributed by atoms with Crippen LogP contribution in [0.15, 0.2) is 35.5 Å². The van der Waals surface area contributed by atoms with E-state index in [9.17, 15) is 14.4 Å². The van der Waals surface area contributed by atoms with Crippen LogP contribution in [0.5, 0.6) is 0 Å². The highest BCUT2D eigenvalue weighted by Crippen LogP contribution is 2.67. The highest BCUT2D eigenvalue weighted by molar-refractivity contribution is 6.01. The van der Waals surface area contributed by atoms with E-state index in [-0.39, 0.29) is 40.7 Å². The summed E-state index contributed by atoms with van der Waals surface area (Å²) in [6.07, 6.45) is 11.1. The van der Waals surface area contributed by atoms with Gasteiger partial charge in [-0.3, -0.25) is 14.4 Å². The average molecular weight is 425 g/mol. The summed E-state index contributed by atoms with van der Waals surface area (Å²) in [5.74, 6) is -0.619. The van der Waals surface area contributed by atoms with E-state index in [1.807, 2.05) is 6.08 Å². The number of Topliss-reactive ketones (excluding diaryl/α,β-unsaturated/α-hetero) is 2. The van der Waals surface area contributed by atoms with Crippen LogP contribution in [0.25, 0.3) is 0 Å². The van der Waals surface area contributed by atoms with Gasteiger partial charge in [-0.15, -0.1) is 0 Å². The first-order chi connectivity index (χ1) is 14.5. The molecule has 0 bridgehead atoms. The van der Waals surface area contributed by atoms with Gasteiger partial charge in [-0.05, 0) is 75.0 Å². The first-order valence-corrected chi connectivity index (χ1v) is 11.5. The minimum Gasteiger partial charge on any atom is -0.336 e. The van der Waals surface area contributed by atoms with Crippen LogP contribution in [0, 0.1) is 28.6 Å². The lowest BCUT2D eigenvalue weighted by molar-refractivity contribution is -0.301. The fourth-order valence-corrected chi connectivity index (χ4v) is 7.46. The molecule has 7 atom stereocenters. The Kier molecular flexibility index (Phi) is 4.31. The number of allylic oxidation sites excluding steroid dienone is 6. The van der Waals surface area contributed by atoms with Gasteiger partial charge in [-0.2, -0.15) is 0 Å². The summed E-state index contributed by atoms with van der Waals surface area (Å²) in [4.78, 5) is 37.7. The van der Waals surface area contributed by atoms with Crippen molar-refractivity contribution in [2.45, 2.75) is 71.7 Å². The Morgan fingerprint density at radius 3 is 2.61 bits per heavy atom. The van der Waals surface area contributed by atoms with E-state index in [0.29, 0.717) is 18.3 Å². The second-order valence-electron chi connectivity index (χ2n) is 10.9.